The molecule has 0 saturated carbocycles. The number of alkyl halides is 2. The number of benzene rings is 1. The molecule has 1 aromatic rings. The molecule has 9 nitrogen and oxygen atoms in total. The monoisotopic (exact) mass is 627 g/mol. The molecular formula is C34H53F2N8O+. The van der Waals surface area contributed by atoms with Gasteiger partial charge in [-0.3, -0.25) is 4.79 Å². The molecule has 248 valence electrons. The summed E-state index contributed by atoms with van der Waals surface area (Å²) >= 11 is 0. The number of hydrogen-bond donors (Lipinski definition) is 4. The summed E-state index contributed by atoms with van der Waals surface area (Å²) in [4.78, 5) is 19.4. The van der Waals surface area contributed by atoms with Crippen LogP contribution in [-0.2, 0) is 11.2 Å². The first-order valence-electron chi connectivity index (χ1n) is 17.1. The van der Waals surface area contributed by atoms with Gasteiger partial charge >= 0.3 is 0 Å². The molecule has 1 aromatic carbocycles. The number of piperidine rings is 2. The third-order valence-corrected chi connectivity index (χ3v) is 10.7. The number of hydrazine groups is 1. The average molecular weight is 628 g/mol. The van der Waals surface area contributed by atoms with Crippen molar-refractivity contribution in [1.82, 2.24) is 30.9 Å². The van der Waals surface area contributed by atoms with Crippen molar-refractivity contribution in [3.63, 3.8) is 0 Å². The number of carbonyl (C=O) groups is 1. The predicted octanol–water partition coefficient (Wildman–Crippen LogP) is 2.68. The number of anilines is 1. The van der Waals surface area contributed by atoms with Gasteiger partial charge < -0.3 is 36.1 Å². The molecule has 0 radical (unpaired) electrons. The van der Waals surface area contributed by atoms with Crippen LogP contribution in [0, 0.1) is 5.92 Å². The molecule has 5 heterocycles. The molecule has 45 heavy (non-hydrogen) atoms. The molecule has 1 amide bonds. The Labute approximate surface area is 267 Å². The van der Waals surface area contributed by atoms with Crippen molar-refractivity contribution >= 4 is 17.2 Å². The van der Waals surface area contributed by atoms with Gasteiger partial charge in [0.05, 0.1) is 0 Å². The number of amides is 1. The largest absolute Gasteiger partial charge is 0.394 e. The summed E-state index contributed by atoms with van der Waals surface area (Å²) in [5, 5.41) is 8.94. The molecule has 0 aliphatic carbocycles. The van der Waals surface area contributed by atoms with Crippen LogP contribution < -0.4 is 26.7 Å². The minimum absolute atomic E-state index is 0.0526. The fraction of sp³-hybridized carbons (Fsp3) is 0.676. The van der Waals surface area contributed by atoms with Crippen LogP contribution in [-0.4, -0.2) is 98.4 Å². The Kier molecular flexibility index (Phi) is 9.99. The lowest BCUT2D eigenvalue weighted by atomic mass is 9.89. The lowest BCUT2D eigenvalue weighted by Gasteiger charge is -2.42. The van der Waals surface area contributed by atoms with E-state index < -0.39 is 6.43 Å². The van der Waals surface area contributed by atoms with Crippen molar-refractivity contribution in [1.29, 1.82) is 0 Å². The lowest BCUT2D eigenvalue weighted by molar-refractivity contribution is -0.393. The second kappa shape index (κ2) is 13.9. The van der Waals surface area contributed by atoms with Gasteiger partial charge in [0.2, 0.25) is 5.91 Å². The summed E-state index contributed by atoms with van der Waals surface area (Å²) in [6, 6.07) is 3.95. The first-order chi connectivity index (χ1) is 21.7. The summed E-state index contributed by atoms with van der Waals surface area (Å²) in [7, 11) is 1.79. The van der Waals surface area contributed by atoms with Crippen LogP contribution >= 0.6 is 0 Å². The Bertz CT molecular complexity index is 1280. The highest BCUT2D eigenvalue weighted by molar-refractivity contribution is 5.76. The minimum atomic E-state index is -2.60. The van der Waals surface area contributed by atoms with Gasteiger partial charge in [-0.2, -0.15) is 0 Å². The van der Waals surface area contributed by atoms with Gasteiger partial charge in [-0.15, -0.1) is 0 Å². The SMILES string of the molecule is CN/C=C(/c1cc2c(cc1C(F)F)N(C1NN(C3CCN(CC4CCNCC4)CC3)C3=C1CN(C(C)=O)CC3)CCC2)C(C)[NH3+]. The maximum atomic E-state index is 14.7. The quantitative estimate of drug-likeness (QED) is 0.352. The maximum absolute atomic E-state index is 14.7. The van der Waals surface area contributed by atoms with Crippen molar-refractivity contribution in [2.75, 3.05) is 64.3 Å². The zero-order valence-corrected chi connectivity index (χ0v) is 27.4. The molecule has 5 aliphatic rings. The van der Waals surface area contributed by atoms with Gasteiger partial charge in [-0.1, -0.05) is 0 Å². The van der Waals surface area contributed by atoms with Crippen LogP contribution in [0.3, 0.4) is 0 Å². The van der Waals surface area contributed by atoms with Crippen LogP contribution in [0.15, 0.2) is 29.6 Å². The van der Waals surface area contributed by atoms with E-state index in [1.54, 1.807) is 26.2 Å². The average Bonchev–Trinajstić information content (AvgIpc) is 3.42. The Balaban J connectivity index is 1.27. The van der Waals surface area contributed by atoms with E-state index in [1.165, 1.54) is 30.7 Å². The molecule has 2 saturated heterocycles. The lowest BCUT2D eigenvalue weighted by Crippen LogP contribution is -2.59. The third kappa shape index (κ3) is 6.73. The highest BCUT2D eigenvalue weighted by Gasteiger charge is 2.43. The number of likely N-dealkylation sites (tertiary alicyclic amines) is 1. The van der Waals surface area contributed by atoms with Crippen molar-refractivity contribution in [2.45, 2.75) is 83.5 Å². The second-order valence-corrected chi connectivity index (χ2v) is 13.7. The van der Waals surface area contributed by atoms with E-state index in [0.717, 1.165) is 87.6 Å². The molecule has 2 unspecified atom stereocenters. The van der Waals surface area contributed by atoms with E-state index >= 15 is 0 Å². The van der Waals surface area contributed by atoms with E-state index in [-0.39, 0.29) is 23.7 Å². The van der Waals surface area contributed by atoms with E-state index in [4.69, 9.17) is 0 Å². The molecular weight excluding hydrogens is 574 g/mol. The van der Waals surface area contributed by atoms with Gasteiger partial charge in [-0.25, -0.2) is 14.2 Å². The van der Waals surface area contributed by atoms with Crippen molar-refractivity contribution in [3.05, 3.63) is 46.3 Å². The maximum Gasteiger partial charge on any atom is 0.264 e. The van der Waals surface area contributed by atoms with Crippen LogP contribution in [0.4, 0.5) is 14.5 Å². The zero-order valence-electron chi connectivity index (χ0n) is 27.4. The third-order valence-electron chi connectivity index (χ3n) is 10.7. The van der Waals surface area contributed by atoms with Gasteiger partial charge in [0, 0.05) is 100.0 Å². The fourth-order valence-corrected chi connectivity index (χ4v) is 8.24. The molecule has 2 atom stereocenters. The van der Waals surface area contributed by atoms with Crippen molar-refractivity contribution in [2.24, 2.45) is 5.92 Å². The molecule has 0 aromatic heterocycles. The molecule has 11 heteroatoms. The smallest absolute Gasteiger partial charge is 0.264 e. The summed E-state index contributed by atoms with van der Waals surface area (Å²) in [6.45, 7) is 11.3. The van der Waals surface area contributed by atoms with Gasteiger partial charge in [-0.05, 0) is 87.7 Å². The number of carbonyl (C=O) groups excluding carboxylic acids is 1. The fourth-order valence-electron chi connectivity index (χ4n) is 8.24. The molecule has 0 spiro atoms. The van der Waals surface area contributed by atoms with Crippen LogP contribution in [0.2, 0.25) is 0 Å². The molecule has 2 fully saturated rings. The Hall–Kier alpha value is -2.73. The number of nitrogens with one attached hydrogen (secondary N) is 3. The normalized spacial score (nSPS) is 24.7. The van der Waals surface area contributed by atoms with Gasteiger partial charge in [0.25, 0.3) is 6.43 Å². The number of hydrogen-bond acceptors (Lipinski definition) is 7. The Morgan fingerprint density at radius 1 is 1.11 bits per heavy atom. The first kappa shape index (κ1) is 32.2. The number of fused-ring (bicyclic) bond motifs is 1. The first-order valence-corrected chi connectivity index (χ1v) is 17.1. The second-order valence-electron chi connectivity index (χ2n) is 13.7. The van der Waals surface area contributed by atoms with Gasteiger partial charge in [0.1, 0.15) is 12.2 Å². The highest BCUT2D eigenvalue weighted by Crippen LogP contribution is 2.41. The predicted molar refractivity (Wildman–Crippen MR) is 174 cm³/mol. The number of rotatable bonds is 8. The van der Waals surface area contributed by atoms with E-state index in [9.17, 15) is 13.6 Å². The van der Waals surface area contributed by atoms with Crippen LogP contribution in [0.1, 0.15) is 75.5 Å². The summed E-state index contributed by atoms with van der Waals surface area (Å²) < 4.78 is 29.4. The van der Waals surface area contributed by atoms with E-state index in [1.807, 2.05) is 17.9 Å². The summed E-state index contributed by atoms with van der Waals surface area (Å²) in [5.41, 5.74) is 14.0. The van der Waals surface area contributed by atoms with Crippen LogP contribution in [0.5, 0.6) is 0 Å². The van der Waals surface area contributed by atoms with E-state index in [0.29, 0.717) is 24.7 Å². The molecule has 5 aliphatic heterocycles. The topological polar surface area (TPSA) is 93.8 Å². The van der Waals surface area contributed by atoms with Gasteiger partial charge in [0.15, 0.2) is 0 Å². The number of quaternary nitrogens is 1. The standard InChI is InChI=1S/C34H52F2N8O/c1-22(37)29(19-38-3)27-17-25-5-4-13-43(32(25)18-28(27)33(35)36)34-30-21-42(23(2)45)16-10-31(30)44(40-34)26-8-14-41(15-9-26)20-24-6-11-39-12-7-24/h17-19,22,24,26,33-34,38-40H,4-16,20-21,37H2,1-3H3/p+1/b29-19+. The molecule has 0 bridgehead atoms. The molecule has 6 rings (SSSR count). The summed E-state index contributed by atoms with van der Waals surface area (Å²) in [5.74, 6) is 0.876. The number of aryl methyl sites for hydroxylation is 1. The molecule has 6 N–H and O–H groups in total. The number of nitrogens with zero attached hydrogens (tertiary/aromatic N) is 4. The van der Waals surface area contributed by atoms with Crippen molar-refractivity contribution in [3.8, 4) is 0 Å². The Morgan fingerprint density at radius 3 is 2.53 bits per heavy atom. The van der Waals surface area contributed by atoms with Crippen molar-refractivity contribution < 1.29 is 19.3 Å². The highest BCUT2D eigenvalue weighted by atomic mass is 19.3. The zero-order chi connectivity index (χ0) is 31.7. The van der Waals surface area contributed by atoms with E-state index in [2.05, 4.69) is 36.6 Å². The summed E-state index contributed by atoms with van der Waals surface area (Å²) in [6.07, 6.45) is 6.37. The minimum Gasteiger partial charge on any atom is -0.394 e. The Morgan fingerprint density at radius 2 is 1.87 bits per heavy atom. The van der Waals surface area contributed by atoms with Crippen LogP contribution in [0.25, 0.3) is 5.57 Å². The number of halogens is 2.